The van der Waals surface area contributed by atoms with Gasteiger partial charge in [-0.25, -0.2) is 0 Å². The highest BCUT2D eigenvalue weighted by Gasteiger charge is 2.07. The highest BCUT2D eigenvalue weighted by Crippen LogP contribution is 2.05. The number of nitrogens with one attached hydrogen (secondary N) is 1. The maximum Gasteiger partial charge on any atom is 0.265 e. The molecule has 0 saturated carbocycles. The Morgan fingerprint density at radius 2 is 2.33 bits per heavy atom. The maximum atomic E-state index is 4.96. The molecule has 1 N–H and O–H groups in total. The fourth-order valence-electron chi connectivity index (χ4n) is 0.765. The summed E-state index contributed by atoms with van der Waals surface area (Å²) < 4.78 is 4.96. The second-order valence-corrected chi connectivity index (χ2v) is 2.53. The van der Waals surface area contributed by atoms with E-state index in [-0.39, 0.29) is 0 Å². The first kappa shape index (κ1) is 8.99. The molecular weight excluding hydrogens is 156 g/mol. The Morgan fingerprint density at radius 3 is 2.92 bits per heavy atom. The van der Waals surface area contributed by atoms with Crippen molar-refractivity contribution in [1.29, 1.82) is 0 Å². The fourth-order valence-corrected chi connectivity index (χ4v) is 0.765. The fraction of sp³-hybridized carbons (Fsp3) is 0.714. The third-order valence-electron chi connectivity index (χ3n) is 1.60. The molecule has 1 aromatic heterocycles. The van der Waals surface area contributed by atoms with Crippen molar-refractivity contribution < 1.29 is 4.52 Å². The highest BCUT2D eigenvalue weighted by molar-refractivity contribution is 5.24. The minimum Gasteiger partial charge on any atom is -0.342 e. The van der Waals surface area contributed by atoms with Gasteiger partial charge >= 0.3 is 0 Å². The van der Waals surface area contributed by atoms with Gasteiger partial charge in [0.15, 0.2) is 0 Å². The zero-order chi connectivity index (χ0) is 8.97. The molecule has 0 unspecified atom stereocenters. The Kier molecular flexibility index (Phi) is 3.04. The Balaban J connectivity index is 2.63. The lowest BCUT2D eigenvalue weighted by molar-refractivity contribution is 0.371. The van der Waals surface area contributed by atoms with Gasteiger partial charge in [-0.05, 0) is 19.1 Å². The molecular formula is C7H14N4O. The van der Waals surface area contributed by atoms with Crippen LogP contribution in [0.3, 0.4) is 0 Å². The van der Waals surface area contributed by atoms with Crippen molar-refractivity contribution in [2.75, 3.05) is 25.5 Å². The van der Waals surface area contributed by atoms with Crippen LogP contribution >= 0.6 is 0 Å². The molecule has 5 heteroatoms. The topological polar surface area (TPSA) is 54.2 Å². The van der Waals surface area contributed by atoms with Crippen molar-refractivity contribution in [3.63, 3.8) is 0 Å². The van der Waals surface area contributed by atoms with E-state index in [4.69, 9.17) is 4.52 Å². The van der Waals surface area contributed by atoms with Gasteiger partial charge in [0.25, 0.3) is 5.95 Å². The molecule has 0 aromatic carbocycles. The predicted molar refractivity (Wildman–Crippen MR) is 46.0 cm³/mol. The first-order chi connectivity index (χ1) is 5.77. The SMILES string of the molecule is CCN(C)c1noc(CNC)n1. The average molecular weight is 170 g/mol. The Bertz CT molecular complexity index is 235. The number of hydrogen-bond donors (Lipinski definition) is 1. The minimum absolute atomic E-state index is 0.616. The Hall–Kier alpha value is -1.10. The quantitative estimate of drug-likeness (QED) is 0.701. The molecule has 0 bridgehead atoms. The van der Waals surface area contributed by atoms with E-state index >= 15 is 0 Å². The standard InChI is InChI=1S/C7H14N4O/c1-4-11(3)7-9-6(5-8-2)12-10-7/h8H,4-5H2,1-3H3. The van der Waals surface area contributed by atoms with Crippen LogP contribution < -0.4 is 10.2 Å². The van der Waals surface area contributed by atoms with E-state index in [9.17, 15) is 0 Å². The third kappa shape index (κ3) is 1.94. The van der Waals surface area contributed by atoms with E-state index in [1.807, 2.05) is 25.9 Å². The summed E-state index contributed by atoms with van der Waals surface area (Å²) in [5, 5.41) is 6.74. The smallest absolute Gasteiger partial charge is 0.265 e. The summed E-state index contributed by atoms with van der Waals surface area (Å²) in [7, 11) is 3.77. The van der Waals surface area contributed by atoms with E-state index < -0.39 is 0 Å². The molecule has 68 valence electrons. The number of hydrogen-bond acceptors (Lipinski definition) is 5. The summed E-state index contributed by atoms with van der Waals surface area (Å²) in [6.07, 6.45) is 0. The normalized spacial score (nSPS) is 10.2. The Morgan fingerprint density at radius 1 is 1.58 bits per heavy atom. The Labute approximate surface area is 71.8 Å². The molecule has 5 nitrogen and oxygen atoms in total. The van der Waals surface area contributed by atoms with Crippen LogP contribution in [0.25, 0.3) is 0 Å². The molecule has 0 radical (unpaired) electrons. The van der Waals surface area contributed by atoms with Crippen LogP contribution in [-0.4, -0.2) is 30.8 Å². The molecule has 0 fully saturated rings. The van der Waals surface area contributed by atoms with Gasteiger partial charge in [0.1, 0.15) is 0 Å². The first-order valence-corrected chi connectivity index (χ1v) is 3.96. The van der Waals surface area contributed by atoms with E-state index in [2.05, 4.69) is 15.5 Å². The van der Waals surface area contributed by atoms with E-state index in [0.717, 1.165) is 6.54 Å². The molecule has 0 aliphatic rings. The zero-order valence-corrected chi connectivity index (χ0v) is 7.66. The lowest BCUT2D eigenvalue weighted by Gasteiger charge is -2.08. The number of nitrogens with zero attached hydrogens (tertiary/aromatic N) is 3. The largest absolute Gasteiger partial charge is 0.342 e. The zero-order valence-electron chi connectivity index (χ0n) is 7.66. The molecule has 0 aliphatic heterocycles. The summed E-state index contributed by atoms with van der Waals surface area (Å²) in [5.74, 6) is 1.26. The number of aromatic nitrogens is 2. The summed E-state index contributed by atoms with van der Waals surface area (Å²) in [4.78, 5) is 6.08. The molecule has 1 heterocycles. The van der Waals surface area contributed by atoms with Crippen LogP contribution in [0.1, 0.15) is 12.8 Å². The van der Waals surface area contributed by atoms with Crippen LogP contribution in [0.4, 0.5) is 5.95 Å². The molecule has 1 rings (SSSR count). The van der Waals surface area contributed by atoms with Crippen LogP contribution in [0.2, 0.25) is 0 Å². The van der Waals surface area contributed by atoms with Gasteiger partial charge in [-0.15, -0.1) is 0 Å². The molecule has 0 amide bonds. The molecule has 0 spiro atoms. The van der Waals surface area contributed by atoms with Crippen molar-refractivity contribution in [2.45, 2.75) is 13.5 Å². The molecule has 12 heavy (non-hydrogen) atoms. The summed E-state index contributed by atoms with van der Waals surface area (Å²) in [5.41, 5.74) is 0. The number of rotatable bonds is 4. The molecule has 0 atom stereocenters. The van der Waals surface area contributed by atoms with Gasteiger partial charge in [0.05, 0.1) is 6.54 Å². The summed E-state index contributed by atoms with van der Waals surface area (Å²) in [6.45, 7) is 3.52. The lowest BCUT2D eigenvalue weighted by atomic mass is 10.6. The average Bonchev–Trinajstić information content (AvgIpc) is 2.52. The van der Waals surface area contributed by atoms with Crippen molar-refractivity contribution in [1.82, 2.24) is 15.5 Å². The van der Waals surface area contributed by atoms with Crippen molar-refractivity contribution in [3.8, 4) is 0 Å². The van der Waals surface area contributed by atoms with Crippen LogP contribution in [0, 0.1) is 0 Å². The predicted octanol–water partition coefficient (Wildman–Crippen LogP) is 0.245. The van der Waals surface area contributed by atoms with E-state index in [1.54, 1.807) is 0 Å². The molecule has 0 aliphatic carbocycles. The monoisotopic (exact) mass is 170 g/mol. The third-order valence-corrected chi connectivity index (χ3v) is 1.60. The minimum atomic E-state index is 0.616. The van der Waals surface area contributed by atoms with Crippen LogP contribution in [0.5, 0.6) is 0 Å². The first-order valence-electron chi connectivity index (χ1n) is 3.96. The second-order valence-electron chi connectivity index (χ2n) is 2.53. The number of anilines is 1. The van der Waals surface area contributed by atoms with E-state index in [1.165, 1.54) is 0 Å². The summed E-state index contributed by atoms with van der Waals surface area (Å²) in [6, 6.07) is 0. The highest BCUT2D eigenvalue weighted by atomic mass is 16.5. The van der Waals surface area contributed by atoms with E-state index in [0.29, 0.717) is 18.4 Å². The molecule has 1 aromatic rings. The van der Waals surface area contributed by atoms with Gasteiger partial charge in [-0.2, -0.15) is 4.98 Å². The maximum absolute atomic E-state index is 4.96. The lowest BCUT2D eigenvalue weighted by Crippen LogP contribution is -2.17. The van der Waals surface area contributed by atoms with Crippen molar-refractivity contribution in [2.24, 2.45) is 0 Å². The van der Waals surface area contributed by atoms with Crippen molar-refractivity contribution in [3.05, 3.63) is 5.89 Å². The molecule has 0 saturated heterocycles. The van der Waals surface area contributed by atoms with Crippen molar-refractivity contribution >= 4 is 5.95 Å². The van der Waals surface area contributed by atoms with Crippen LogP contribution in [-0.2, 0) is 6.54 Å². The summed E-state index contributed by atoms with van der Waals surface area (Å²) >= 11 is 0. The van der Waals surface area contributed by atoms with Gasteiger partial charge in [-0.3, -0.25) is 0 Å². The van der Waals surface area contributed by atoms with Crippen LogP contribution in [0.15, 0.2) is 4.52 Å². The second kappa shape index (κ2) is 4.06. The van der Waals surface area contributed by atoms with Gasteiger partial charge in [0, 0.05) is 13.6 Å². The van der Waals surface area contributed by atoms with Gasteiger partial charge in [0.2, 0.25) is 5.89 Å². The van der Waals surface area contributed by atoms with Gasteiger partial charge < -0.3 is 14.7 Å². The van der Waals surface area contributed by atoms with Gasteiger partial charge in [-0.1, -0.05) is 0 Å².